The molecule has 1 N–H and O–H groups in total. The largest absolute Gasteiger partial charge is 0.316 e. The van der Waals surface area contributed by atoms with E-state index in [-0.39, 0.29) is 11.7 Å². The van der Waals surface area contributed by atoms with Gasteiger partial charge in [0.05, 0.1) is 16.7 Å². The highest BCUT2D eigenvalue weighted by atomic mass is 32.2. The molecule has 0 atom stereocenters. The monoisotopic (exact) mass is 408 g/mol. The van der Waals surface area contributed by atoms with Gasteiger partial charge in [-0.1, -0.05) is 42.1 Å². The van der Waals surface area contributed by atoms with E-state index in [9.17, 15) is 4.79 Å². The molecule has 0 radical (unpaired) electrons. The first-order chi connectivity index (χ1) is 13.3. The number of anilines is 1. The number of thiophene rings is 2. The fourth-order valence-electron chi connectivity index (χ4n) is 2.58. The number of nitrogens with one attached hydrogen (secondary N) is 1. The zero-order valence-corrected chi connectivity index (χ0v) is 16.3. The fourth-order valence-corrected chi connectivity index (χ4v) is 5.12. The van der Waals surface area contributed by atoms with Crippen LogP contribution in [-0.4, -0.2) is 21.6 Å². The summed E-state index contributed by atoms with van der Waals surface area (Å²) in [6, 6.07) is 13.8. The van der Waals surface area contributed by atoms with Gasteiger partial charge in [0.1, 0.15) is 27.3 Å². The maximum Gasteiger partial charge on any atom is 0.235 e. The maximum absolute atomic E-state index is 12.3. The van der Waals surface area contributed by atoms with Crippen molar-refractivity contribution in [2.24, 2.45) is 0 Å². The molecule has 1 amide bonds. The molecule has 0 unspecified atom stereocenters. The number of aromatic nitrogens is 2. The van der Waals surface area contributed by atoms with Crippen LogP contribution in [0.25, 0.3) is 21.3 Å². The van der Waals surface area contributed by atoms with Crippen molar-refractivity contribution in [2.45, 2.75) is 5.03 Å². The van der Waals surface area contributed by atoms with Crippen LogP contribution in [0.2, 0.25) is 0 Å². The Hall–Kier alpha value is -2.73. The van der Waals surface area contributed by atoms with Crippen molar-refractivity contribution in [3.63, 3.8) is 0 Å². The van der Waals surface area contributed by atoms with Crippen LogP contribution in [0.15, 0.2) is 58.5 Å². The van der Waals surface area contributed by atoms with E-state index in [4.69, 9.17) is 5.26 Å². The fraction of sp³-hybridized carbons (Fsp3) is 0.0526. The SMILES string of the molecule is N#Cc1ccsc1NC(=O)CSc1ncnc2scc(-c3ccccc3)c12. The Morgan fingerprint density at radius 3 is 2.85 bits per heavy atom. The summed E-state index contributed by atoms with van der Waals surface area (Å²) in [5.41, 5.74) is 2.65. The van der Waals surface area contributed by atoms with Crippen molar-refractivity contribution in [1.29, 1.82) is 5.26 Å². The normalized spacial score (nSPS) is 10.6. The second kappa shape index (κ2) is 7.88. The summed E-state index contributed by atoms with van der Waals surface area (Å²) in [6.07, 6.45) is 1.53. The molecule has 4 aromatic rings. The smallest absolute Gasteiger partial charge is 0.235 e. The van der Waals surface area contributed by atoms with Gasteiger partial charge in [-0.05, 0) is 17.0 Å². The lowest BCUT2D eigenvalue weighted by Gasteiger charge is -2.06. The standard InChI is InChI=1S/C19H12N4OS3/c20-8-13-6-7-25-17(13)23-15(24)10-27-19-16-14(12-4-2-1-3-5-12)9-26-18(16)21-11-22-19/h1-7,9,11H,10H2,(H,23,24). The summed E-state index contributed by atoms with van der Waals surface area (Å²) in [6.45, 7) is 0. The lowest BCUT2D eigenvalue weighted by molar-refractivity contribution is -0.113. The van der Waals surface area contributed by atoms with Gasteiger partial charge in [0.2, 0.25) is 5.91 Å². The lowest BCUT2D eigenvalue weighted by Crippen LogP contribution is -2.13. The Labute approximate surface area is 167 Å². The number of rotatable bonds is 5. The Bertz CT molecular complexity index is 1140. The Morgan fingerprint density at radius 1 is 1.19 bits per heavy atom. The molecule has 0 saturated heterocycles. The van der Waals surface area contributed by atoms with Crippen LogP contribution in [0.5, 0.6) is 0 Å². The molecule has 3 heterocycles. The van der Waals surface area contributed by atoms with Gasteiger partial charge in [0.25, 0.3) is 0 Å². The van der Waals surface area contributed by atoms with Gasteiger partial charge >= 0.3 is 0 Å². The van der Waals surface area contributed by atoms with Gasteiger partial charge in [0, 0.05) is 10.9 Å². The first-order valence-electron chi connectivity index (χ1n) is 7.94. The van der Waals surface area contributed by atoms with Crippen molar-refractivity contribution < 1.29 is 4.79 Å². The van der Waals surface area contributed by atoms with E-state index in [0.29, 0.717) is 10.6 Å². The number of hydrogen-bond acceptors (Lipinski definition) is 7. The highest BCUT2D eigenvalue weighted by Gasteiger charge is 2.15. The van der Waals surface area contributed by atoms with Gasteiger partial charge in [-0.3, -0.25) is 4.79 Å². The van der Waals surface area contributed by atoms with Crippen molar-refractivity contribution in [2.75, 3.05) is 11.1 Å². The molecule has 0 bridgehead atoms. The minimum Gasteiger partial charge on any atom is -0.316 e. The minimum atomic E-state index is -0.165. The topological polar surface area (TPSA) is 78.7 Å². The van der Waals surface area contributed by atoms with Crippen LogP contribution in [0.4, 0.5) is 5.00 Å². The average Bonchev–Trinajstić information content (AvgIpc) is 3.33. The first kappa shape index (κ1) is 17.7. The van der Waals surface area contributed by atoms with Crippen LogP contribution >= 0.6 is 34.4 Å². The van der Waals surface area contributed by atoms with Gasteiger partial charge < -0.3 is 5.32 Å². The third kappa shape index (κ3) is 3.71. The number of thioether (sulfide) groups is 1. The van der Waals surface area contributed by atoms with E-state index >= 15 is 0 Å². The molecule has 8 heteroatoms. The van der Waals surface area contributed by atoms with E-state index in [1.165, 1.54) is 29.4 Å². The highest BCUT2D eigenvalue weighted by molar-refractivity contribution is 8.00. The molecular weight excluding hydrogens is 396 g/mol. The van der Waals surface area contributed by atoms with Gasteiger partial charge in [-0.15, -0.1) is 22.7 Å². The molecule has 4 rings (SSSR count). The summed E-state index contributed by atoms with van der Waals surface area (Å²) >= 11 is 4.28. The summed E-state index contributed by atoms with van der Waals surface area (Å²) in [4.78, 5) is 22.0. The summed E-state index contributed by atoms with van der Waals surface area (Å²) in [5.74, 6) is 0.0427. The molecule has 0 spiro atoms. The van der Waals surface area contributed by atoms with Crippen molar-refractivity contribution in [3.05, 3.63) is 59.0 Å². The molecule has 0 aliphatic carbocycles. The van der Waals surface area contributed by atoms with Crippen LogP contribution in [0.3, 0.4) is 0 Å². The number of fused-ring (bicyclic) bond motifs is 1. The van der Waals surface area contributed by atoms with Gasteiger partial charge in [-0.2, -0.15) is 5.26 Å². The van der Waals surface area contributed by atoms with Crippen molar-refractivity contribution >= 4 is 55.6 Å². The molecular formula is C19H12N4OS3. The van der Waals surface area contributed by atoms with Crippen LogP contribution in [0.1, 0.15) is 5.56 Å². The zero-order chi connectivity index (χ0) is 18.6. The molecule has 0 fully saturated rings. The van der Waals surface area contributed by atoms with E-state index in [0.717, 1.165) is 26.4 Å². The summed E-state index contributed by atoms with van der Waals surface area (Å²) < 4.78 is 0. The van der Waals surface area contributed by atoms with Crippen molar-refractivity contribution in [1.82, 2.24) is 9.97 Å². The molecule has 3 aromatic heterocycles. The zero-order valence-electron chi connectivity index (χ0n) is 13.9. The predicted octanol–water partition coefficient (Wildman–Crippen LogP) is 5.02. The van der Waals surface area contributed by atoms with E-state index in [1.54, 1.807) is 22.8 Å². The number of amides is 1. The Morgan fingerprint density at radius 2 is 2.04 bits per heavy atom. The molecule has 1 aromatic carbocycles. The third-order valence-corrected chi connectivity index (χ3v) is 6.50. The van der Waals surface area contributed by atoms with E-state index in [2.05, 4.69) is 38.9 Å². The molecule has 132 valence electrons. The van der Waals surface area contributed by atoms with Gasteiger partial charge in [-0.25, -0.2) is 9.97 Å². The van der Waals surface area contributed by atoms with E-state index in [1.807, 2.05) is 18.2 Å². The van der Waals surface area contributed by atoms with Crippen LogP contribution < -0.4 is 5.32 Å². The third-order valence-electron chi connectivity index (χ3n) is 3.80. The second-order valence-corrected chi connectivity index (χ2v) is 8.22. The Kier molecular flexibility index (Phi) is 5.16. The maximum atomic E-state index is 12.3. The average molecular weight is 409 g/mol. The number of nitrogens with zero attached hydrogens (tertiary/aromatic N) is 3. The van der Waals surface area contributed by atoms with Gasteiger partial charge in [0.15, 0.2) is 0 Å². The number of carbonyl (C=O) groups excluding carboxylic acids is 1. The molecule has 0 aliphatic rings. The quantitative estimate of drug-likeness (QED) is 0.370. The molecule has 27 heavy (non-hydrogen) atoms. The van der Waals surface area contributed by atoms with Crippen LogP contribution in [-0.2, 0) is 4.79 Å². The molecule has 0 saturated carbocycles. The number of hydrogen-bond donors (Lipinski definition) is 1. The molecule has 0 aliphatic heterocycles. The molecule has 5 nitrogen and oxygen atoms in total. The Balaban J connectivity index is 1.57. The predicted molar refractivity (Wildman–Crippen MR) is 111 cm³/mol. The summed E-state index contributed by atoms with van der Waals surface area (Å²) in [5, 5.41) is 18.0. The first-order valence-corrected chi connectivity index (χ1v) is 10.7. The number of benzene rings is 1. The number of nitriles is 1. The highest BCUT2D eigenvalue weighted by Crippen LogP contribution is 2.37. The second-order valence-electron chi connectivity index (χ2n) is 5.49. The lowest BCUT2D eigenvalue weighted by atomic mass is 10.1. The van der Waals surface area contributed by atoms with Crippen LogP contribution in [0, 0.1) is 11.3 Å². The van der Waals surface area contributed by atoms with E-state index < -0.39 is 0 Å². The summed E-state index contributed by atoms with van der Waals surface area (Å²) in [7, 11) is 0. The number of carbonyl (C=O) groups is 1. The van der Waals surface area contributed by atoms with Crippen molar-refractivity contribution in [3.8, 4) is 17.2 Å². The minimum absolute atomic E-state index is 0.165.